The summed E-state index contributed by atoms with van der Waals surface area (Å²) in [6.45, 7) is 0. The minimum atomic E-state index is -0.110. The Morgan fingerprint density at radius 3 is 2.71 bits per heavy atom. The summed E-state index contributed by atoms with van der Waals surface area (Å²) in [4.78, 5) is 11.4. The van der Waals surface area contributed by atoms with E-state index in [0.29, 0.717) is 12.3 Å². The van der Waals surface area contributed by atoms with Crippen LogP contribution in [0.2, 0.25) is 0 Å². The van der Waals surface area contributed by atoms with Gasteiger partial charge >= 0.3 is 0 Å². The molecule has 1 aromatic rings. The number of hydrogen-bond acceptors (Lipinski definition) is 1. The Kier molecular flexibility index (Phi) is 1.55. The van der Waals surface area contributed by atoms with E-state index in [1.54, 1.807) is 6.07 Å². The first-order valence-electron chi connectivity index (χ1n) is 5.12. The molecule has 72 valence electrons. The Hall–Kier alpha value is -1.18. The number of hydrogen-bond donors (Lipinski definition) is 0. The van der Waals surface area contributed by atoms with Crippen LogP contribution in [0.15, 0.2) is 12.1 Å². The van der Waals surface area contributed by atoms with Gasteiger partial charge in [0, 0.05) is 12.0 Å². The van der Waals surface area contributed by atoms with Crippen LogP contribution < -0.4 is 0 Å². The second-order valence-electron chi connectivity index (χ2n) is 4.18. The maximum absolute atomic E-state index is 13.6. The van der Waals surface area contributed by atoms with Crippen LogP contribution in [0.4, 0.5) is 4.39 Å². The van der Waals surface area contributed by atoms with E-state index in [-0.39, 0.29) is 11.6 Å². The predicted octanol–water partition coefficient (Wildman–Crippen LogP) is 2.83. The second-order valence-corrected chi connectivity index (χ2v) is 4.18. The summed E-state index contributed by atoms with van der Waals surface area (Å²) in [7, 11) is 0. The molecule has 0 bridgehead atoms. The van der Waals surface area contributed by atoms with Gasteiger partial charge in [-0.1, -0.05) is 0 Å². The van der Waals surface area contributed by atoms with E-state index in [9.17, 15) is 9.18 Å². The molecule has 0 atom stereocenters. The van der Waals surface area contributed by atoms with Crippen LogP contribution in [0.5, 0.6) is 0 Å². The largest absolute Gasteiger partial charge is 0.294 e. The number of benzene rings is 1. The lowest BCUT2D eigenvalue weighted by Gasteiger charge is -2.07. The average Bonchev–Trinajstić information content (AvgIpc) is 2.92. The summed E-state index contributed by atoms with van der Waals surface area (Å²) in [5, 5.41) is 0. The van der Waals surface area contributed by atoms with Crippen molar-refractivity contribution in [2.24, 2.45) is 0 Å². The van der Waals surface area contributed by atoms with Crippen LogP contribution in [0.1, 0.15) is 46.7 Å². The van der Waals surface area contributed by atoms with Crippen LogP contribution in [-0.4, -0.2) is 5.78 Å². The number of fused-ring (bicyclic) bond motifs is 1. The molecular weight excluding hydrogens is 179 g/mol. The lowest BCUT2D eigenvalue weighted by molar-refractivity contribution is 0.0994. The molecule has 0 radical (unpaired) electrons. The standard InChI is InChI=1S/C12H11FO/c13-10-5-3-8-9(4-6-11(8)14)12(10)7-1-2-7/h3,5,7H,1-2,4,6H2. The molecule has 0 unspecified atom stereocenters. The molecule has 0 aromatic heterocycles. The minimum absolute atomic E-state index is 0.110. The fraction of sp³-hybridized carbons (Fsp3) is 0.417. The third kappa shape index (κ3) is 1.03. The van der Waals surface area contributed by atoms with Crippen LogP contribution in [-0.2, 0) is 6.42 Å². The van der Waals surface area contributed by atoms with E-state index in [1.807, 2.05) is 0 Å². The molecule has 3 rings (SSSR count). The van der Waals surface area contributed by atoms with Gasteiger partial charge in [0.25, 0.3) is 0 Å². The van der Waals surface area contributed by atoms with E-state index in [4.69, 9.17) is 0 Å². The number of Topliss-reactive ketones (excluding diaryl/α,β-unsaturated/α-hetero) is 1. The number of halogens is 1. The highest BCUT2D eigenvalue weighted by Gasteiger charge is 2.33. The van der Waals surface area contributed by atoms with E-state index in [0.717, 1.165) is 36.0 Å². The third-order valence-corrected chi connectivity index (χ3v) is 3.19. The SMILES string of the molecule is O=C1CCc2c1ccc(F)c2C1CC1. The van der Waals surface area contributed by atoms with Crippen molar-refractivity contribution < 1.29 is 9.18 Å². The molecule has 2 aliphatic carbocycles. The molecule has 0 aliphatic heterocycles. The number of carbonyl (C=O) groups excluding carboxylic acids is 1. The van der Waals surface area contributed by atoms with E-state index < -0.39 is 0 Å². The van der Waals surface area contributed by atoms with E-state index >= 15 is 0 Å². The smallest absolute Gasteiger partial charge is 0.163 e. The van der Waals surface area contributed by atoms with Gasteiger partial charge in [-0.25, -0.2) is 4.39 Å². The summed E-state index contributed by atoms with van der Waals surface area (Å²) in [6, 6.07) is 3.10. The summed E-state index contributed by atoms with van der Waals surface area (Å²) in [5.74, 6) is 0.471. The van der Waals surface area contributed by atoms with Crippen molar-refractivity contribution in [1.29, 1.82) is 0 Å². The summed E-state index contributed by atoms with van der Waals surface area (Å²) in [5.41, 5.74) is 2.61. The number of rotatable bonds is 1. The predicted molar refractivity (Wildman–Crippen MR) is 51.0 cm³/mol. The van der Waals surface area contributed by atoms with Gasteiger partial charge in [-0.3, -0.25) is 4.79 Å². The van der Waals surface area contributed by atoms with Gasteiger partial charge in [-0.2, -0.15) is 0 Å². The highest BCUT2D eigenvalue weighted by atomic mass is 19.1. The Morgan fingerprint density at radius 2 is 2.00 bits per heavy atom. The Labute approximate surface area is 81.9 Å². The molecule has 2 heteroatoms. The normalized spacial score (nSPS) is 19.9. The number of carbonyl (C=O) groups is 1. The molecule has 1 saturated carbocycles. The maximum Gasteiger partial charge on any atom is 0.163 e. The quantitative estimate of drug-likeness (QED) is 0.665. The van der Waals surface area contributed by atoms with Crippen molar-refractivity contribution in [3.63, 3.8) is 0 Å². The summed E-state index contributed by atoms with van der Waals surface area (Å²) < 4.78 is 13.6. The molecule has 0 spiro atoms. The molecule has 1 fully saturated rings. The molecule has 1 nitrogen and oxygen atoms in total. The van der Waals surface area contributed by atoms with Crippen molar-refractivity contribution in [3.8, 4) is 0 Å². The van der Waals surface area contributed by atoms with Gasteiger partial charge in [0.2, 0.25) is 0 Å². The number of ketones is 1. The van der Waals surface area contributed by atoms with Gasteiger partial charge in [-0.05, 0) is 48.4 Å². The van der Waals surface area contributed by atoms with Crippen molar-refractivity contribution in [3.05, 3.63) is 34.6 Å². The first-order valence-corrected chi connectivity index (χ1v) is 5.12. The van der Waals surface area contributed by atoms with Crippen LogP contribution >= 0.6 is 0 Å². The Morgan fingerprint density at radius 1 is 1.21 bits per heavy atom. The second kappa shape index (κ2) is 2.66. The maximum atomic E-state index is 13.6. The zero-order valence-corrected chi connectivity index (χ0v) is 7.85. The van der Waals surface area contributed by atoms with Crippen LogP contribution in [0.3, 0.4) is 0 Å². The average molecular weight is 190 g/mol. The zero-order valence-electron chi connectivity index (χ0n) is 7.85. The van der Waals surface area contributed by atoms with Crippen molar-refractivity contribution in [2.75, 3.05) is 0 Å². The molecule has 2 aliphatic rings. The topological polar surface area (TPSA) is 17.1 Å². The molecule has 0 heterocycles. The summed E-state index contributed by atoms with van der Waals surface area (Å²) >= 11 is 0. The molecule has 0 N–H and O–H groups in total. The van der Waals surface area contributed by atoms with E-state index in [2.05, 4.69) is 0 Å². The van der Waals surface area contributed by atoms with Gasteiger partial charge in [-0.15, -0.1) is 0 Å². The van der Waals surface area contributed by atoms with Gasteiger partial charge in [0.05, 0.1) is 0 Å². The fourth-order valence-electron chi connectivity index (χ4n) is 2.35. The molecule has 0 saturated heterocycles. The Bertz CT molecular complexity index is 419. The first-order chi connectivity index (χ1) is 6.77. The van der Waals surface area contributed by atoms with Crippen LogP contribution in [0.25, 0.3) is 0 Å². The zero-order chi connectivity index (χ0) is 9.71. The van der Waals surface area contributed by atoms with Crippen molar-refractivity contribution >= 4 is 5.78 Å². The van der Waals surface area contributed by atoms with Crippen molar-refractivity contribution in [1.82, 2.24) is 0 Å². The summed E-state index contributed by atoms with van der Waals surface area (Å²) in [6.07, 6.45) is 3.49. The van der Waals surface area contributed by atoms with Gasteiger partial charge in [0.1, 0.15) is 5.82 Å². The molecule has 1 aromatic carbocycles. The van der Waals surface area contributed by atoms with Crippen LogP contribution in [0, 0.1) is 5.82 Å². The van der Waals surface area contributed by atoms with E-state index in [1.165, 1.54) is 6.07 Å². The molecule has 14 heavy (non-hydrogen) atoms. The van der Waals surface area contributed by atoms with Crippen molar-refractivity contribution in [2.45, 2.75) is 31.6 Å². The fourth-order valence-corrected chi connectivity index (χ4v) is 2.35. The molecular formula is C12H11FO. The lowest BCUT2D eigenvalue weighted by Crippen LogP contribution is -1.97. The molecule has 0 amide bonds. The monoisotopic (exact) mass is 190 g/mol. The third-order valence-electron chi connectivity index (χ3n) is 3.19. The Balaban J connectivity index is 2.22. The highest BCUT2D eigenvalue weighted by Crippen LogP contribution is 2.45. The highest BCUT2D eigenvalue weighted by molar-refractivity contribution is 6.00. The van der Waals surface area contributed by atoms with Gasteiger partial charge < -0.3 is 0 Å². The minimum Gasteiger partial charge on any atom is -0.294 e. The first kappa shape index (κ1) is 8.16. The lowest BCUT2D eigenvalue weighted by atomic mass is 9.99. The van der Waals surface area contributed by atoms with Gasteiger partial charge in [0.15, 0.2) is 5.78 Å².